The molecule has 2 aromatic carbocycles. The van der Waals surface area contributed by atoms with Crippen LogP contribution in [-0.4, -0.2) is 64.9 Å². The molecule has 190 valence electrons. The lowest BCUT2D eigenvalue weighted by Crippen LogP contribution is -2.38. The molecule has 35 heavy (non-hydrogen) atoms. The molecule has 1 N–H and O–H groups in total. The summed E-state index contributed by atoms with van der Waals surface area (Å²) in [4.78, 5) is 2.16. The van der Waals surface area contributed by atoms with E-state index in [0.29, 0.717) is 32.1 Å². The van der Waals surface area contributed by atoms with E-state index in [2.05, 4.69) is 4.90 Å². The summed E-state index contributed by atoms with van der Waals surface area (Å²) in [5, 5.41) is 15.6. The van der Waals surface area contributed by atoms with E-state index in [1.807, 2.05) is 89.3 Å². The summed E-state index contributed by atoms with van der Waals surface area (Å²) in [5.74, 6) is 1.44. The fourth-order valence-corrected chi connectivity index (χ4v) is 3.82. The van der Waals surface area contributed by atoms with Gasteiger partial charge in [-0.3, -0.25) is 4.90 Å². The lowest BCUT2D eigenvalue weighted by atomic mass is 10.1. The molecule has 0 aliphatic rings. The molecule has 7 nitrogen and oxygen atoms in total. The quantitative estimate of drug-likeness (QED) is 0.400. The van der Waals surface area contributed by atoms with Crippen LogP contribution in [-0.2, 0) is 23.1 Å². The predicted octanol–water partition coefficient (Wildman–Crippen LogP) is 4.81. The molecule has 0 unspecified atom stereocenters. The van der Waals surface area contributed by atoms with Crippen LogP contribution >= 0.6 is 0 Å². The Hall–Kier alpha value is -2.71. The van der Waals surface area contributed by atoms with Crippen molar-refractivity contribution >= 4 is 0 Å². The van der Waals surface area contributed by atoms with Crippen molar-refractivity contribution in [2.45, 2.75) is 45.9 Å². The third-order valence-electron chi connectivity index (χ3n) is 5.51. The average Bonchev–Trinajstić information content (AvgIpc) is 3.11. The van der Waals surface area contributed by atoms with Crippen LogP contribution in [0.1, 0.15) is 31.9 Å². The maximum atomic E-state index is 10.7. The molecule has 3 rings (SSSR count). The highest BCUT2D eigenvalue weighted by atomic mass is 16.5. The molecule has 0 bridgehead atoms. The van der Waals surface area contributed by atoms with Gasteiger partial charge in [-0.2, -0.15) is 5.10 Å². The summed E-state index contributed by atoms with van der Waals surface area (Å²) in [6, 6.07) is 18.1. The van der Waals surface area contributed by atoms with Crippen molar-refractivity contribution in [3.63, 3.8) is 0 Å². The standard InChI is InChI=1S/C28H39N3O4/c1-21-11-10-14-24(17-21)35-27-25(26(29-30(27)5)22-12-8-7-9-13-22)19-31(15-16-33-6)18-23(32)20-34-28(2,3)4/h7-14,17,23,32H,15-16,18-20H2,1-6H3/t23-/m1/s1. The summed E-state index contributed by atoms with van der Waals surface area (Å²) >= 11 is 0. The number of aromatic nitrogens is 2. The largest absolute Gasteiger partial charge is 0.439 e. The Balaban J connectivity index is 1.93. The predicted molar refractivity (Wildman–Crippen MR) is 139 cm³/mol. The number of aliphatic hydroxyl groups excluding tert-OH is 1. The highest BCUT2D eigenvalue weighted by Crippen LogP contribution is 2.34. The second kappa shape index (κ2) is 12.3. The number of hydrogen-bond acceptors (Lipinski definition) is 6. The van der Waals surface area contributed by atoms with E-state index in [9.17, 15) is 5.11 Å². The fraction of sp³-hybridized carbons (Fsp3) is 0.464. The zero-order chi connectivity index (χ0) is 25.4. The van der Waals surface area contributed by atoms with Crippen molar-refractivity contribution in [2.75, 3.05) is 33.4 Å². The van der Waals surface area contributed by atoms with Crippen molar-refractivity contribution < 1.29 is 19.3 Å². The van der Waals surface area contributed by atoms with Crippen LogP contribution in [0.3, 0.4) is 0 Å². The molecule has 0 saturated heterocycles. The second-order valence-corrected chi connectivity index (χ2v) is 9.85. The second-order valence-electron chi connectivity index (χ2n) is 9.85. The minimum Gasteiger partial charge on any atom is -0.439 e. The number of methoxy groups -OCH3 is 1. The highest BCUT2D eigenvalue weighted by Gasteiger charge is 2.24. The van der Waals surface area contributed by atoms with Gasteiger partial charge >= 0.3 is 0 Å². The number of benzene rings is 2. The van der Waals surface area contributed by atoms with Crippen molar-refractivity contribution in [1.29, 1.82) is 0 Å². The monoisotopic (exact) mass is 481 g/mol. The van der Waals surface area contributed by atoms with E-state index in [0.717, 1.165) is 28.1 Å². The first-order valence-corrected chi connectivity index (χ1v) is 12.1. The minimum atomic E-state index is -0.635. The molecular formula is C28H39N3O4. The van der Waals surface area contributed by atoms with E-state index >= 15 is 0 Å². The van der Waals surface area contributed by atoms with Gasteiger partial charge in [-0.1, -0.05) is 42.5 Å². The zero-order valence-corrected chi connectivity index (χ0v) is 21.8. The smallest absolute Gasteiger partial charge is 0.222 e. The lowest BCUT2D eigenvalue weighted by Gasteiger charge is -2.27. The highest BCUT2D eigenvalue weighted by molar-refractivity contribution is 5.65. The fourth-order valence-electron chi connectivity index (χ4n) is 3.82. The van der Waals surface area contributed by atoms with Crippen molar-refractivity contribution in [3.8, 4) is 22.9 Å². The van der Waals surface area contributed by atoms with Crippen molar-refractivity contribution in [2.24, 2.45) is 7.05 Å². The molecule has 1 heterocycles. The molecule has 1 atom stereocenters. The number of aliphatic hydroxyl groups is 1. The van der Waals surface area contributed by atoms with E-state index in [1.54, 1.807) is 11.8 Å². The molecule has 1 aromatic heterocycles. The molecule has 0 fully saturated rings. The van der Waals surface area contributed by atoms with Gasteiger partial charge in [0.25, 0.3) is 0 Å². The summed E-state index contributed by atoms with van der Waals surface area (Å²) in [6.45, 7) is 10.4. The molecule has 7 heteroatoms. The summed E-state index contributed by atoms with van der Waals surface area (Å²) in [5.41, 5.74) is 3.65. The number of ether oxygens (including phenoxy) is 3. The topological polar surface area (TPSA) is 69.0 Å². The SMILES string of the molecule is COCCN(Cc1c(-c2ccccc2)nn(C)c1Oc1cccc(C)c1)C[C@@H](O)COC(C)(C)C. The van der Waals surface area contributed by atoms with Gasteiger partial charge in [-0.15, -0.1) is 0 Å². The number of aryl methyl sites for hydroxylation is 2. The van der Waals surface area contributed by atoms with E-state index < -0.39 is 6.10 Å². The number of nitrogens with zero attached hydrogens (tertiary/aromatic N) is 3. The Morgan fingerprint density at radius 1 is 1.09 bits per heavy atom. The Morgan fingerprint density at radius 2 is 1.83 bits per heavy atom. The normalized spacial score (nSPS) is 12.8. The van der Waals surface area contributed by atoms with Gasteiger partial charge < -0.3 is 19.3 Å². The molecule has 0 aliphatic carbocycles. The van der Waals surface area contributed by atoms with E-state index in [4.69, 9.17) is 19.3 Å². The van der Waals surface area contributed by atoms with Crippen LogP contribution in [0, 0.1) is 6.92 Å². The molecule has 0 amide bonds. The van der Waals surface area contributed by atoms with E-state index in [-0.39, 0.29) is 12.2 Å². The first-order valence-electron chi connectivity index (χ1n) is 12.1. The molecule has 3 aromatic rings. The summed E-state index contributed by atoms with van der Waals surface area (Å²) in [6.07, 6.45) is -0.635. The van der Waals surface area contributed by atoms with Crippen LogP contribution in [0.4, 0.5) is 0 Å². The van der Waals surface area contributed by atoms with Crippen LogP contribution < -0.4 is 4.74 Å². The zero-order valence-electron chi connectivity index (χ0n) is 21.8. The average molecular weight is 482 g/mol. The van der Waals surface area contributed by atoms with Gasteiger partial charge in [-0.05, 0) is 45.4 Å². The van der Waals surface area contributed by atoms with Gasteiger partial charge in [0.1, 0.15) is 11.4 Å². The summed E-state index contributed by atoms with van der Waals surface area (Å²) in [7, 11) is 3.58. The van der Waals surface area contributed by atoms with Crippen molar-refractivity contribution in [3.05, 3.63) is 65.7 Å². The first-order chi connectivity index (χ1) is 16.7. The maximum Gasteiger partial charge on any atom is 0.222 e. The molecule has 0 spiro atoms. The van der Waals surface area contributed by atoms with Crippen molar-refractivity contribution in [1.82, 2.24) is 14.7 Å². The van der Waals surface area contributed by atoms with Gasteiger partial charge in [0.05, 0.1) is 30.5 Å². The van der Waals surface area contributed by atoms with E-state index in [1.165, 1.54) is 0 Å². The third kappa shape index (κ3) is 8.18. The van der Waals surface area contributed by atoms with Gasteiger partial charge in [-0.25, -0.2) is 4.68 Å². The van der Waals surface area contributed by atoms with Crippen LogP contribution in [0.25, 0.3) is 11.3 Å². The Morgan fingerprint density at radius 3 is 2.49 bits per heavy atom. The van der Waals surface area contributed by atoms with Gasteiger partial charge in [0.2, 0.25) is 5.88 Å². The number of rotatable bonds is 12. The van der Waals surface area contributed by atoms with Crippen LogP contribution in [0.2, 0.25) is 0 Å². The Kier molecular flexibility index (Phi) is 9.46. The Labute approximate surface area is 209 Å². The number of hydrogen-bond donors (Lipinski definition) is 1. The molecule has 0 radical (unpaired) electrons. The van der Waals surface area contributed by atoms with Crippen LogP contribution in [0.5, 0.6) is 11.6 Å². The third-order valence-corrected chi connectivity index (χ3v) is 5.51. The molecule has 0 saturated carbocycles. The maximum absolute atomic E-state index is 10.7. The molecular weight excluding hydrogens is 442 g/mol. The molecule has 0 aliphatic heterocycles. The van der Waals surface area contributed by atoms with Gasteiger partial charge in [0.15, 0.2) is 0 Å². The first kappa shape index (κ1) is 26.9. The Bertz CT molecular complexity index is 1060. The minimum absolute atomic E-state index is 0.262. The van der Waals surface area contributed by atoms with Crippen LogP contribution in [0.15, 0.2) is 54.6 Å². The lowest BCUT2D eigenvalue weighted by molar-refractivity contribution is -0.0576. The summed E-state index contributed by atoms with van der Waals surface area (Å²) < 4.78 is 19.3. The van der Waals surface area contributed by atoms with Gasteiger partial charge in [0, 0.05) is 39.4 Å².